The molecule has 2 amide bonds. The molecule has 1 fully saturated rings. The van der Waals surface area contributed by atoms with Crippen molar-refractivity contribution < 1.29 is 24.2 Å². The number of esters is 1. The number of amides is 2. The van der Waals surface area contributed by atoms with Gasteiger partial charge in [0.15, 0.2) is 0 Å². The van der Waals surface area contributed by atoms with Crippen LogP contribution < -0.4 is 16.4 Å². The Kier molecular flexibility index (Phi) is 11.3. The van der Waals surface area contributed by atoms with Crippen molar-refractivity contribution in [1.29, 1.82) is 0 Å². The van der Waals surface area contributed by atoms with Crippen molar-refractivity contribution in [3.8, 4) is 0 Å². The average Bonchev–Trinajstić information content (AvgIpc) is 3.71. The van der Waals surface area contributed by atoms with E-state index in [1.165, 1.54) is 12.5 Å². The SMILES string of the molecule is CC(C)(C)OC(=O)[C@@](O)(c1nccs1)[C@H](CC1CCCCC1)NC(=O)C(Cc1cnc[nH]1)NC(=O)C(N)Cc1ccccc1. The fourth-order valence-corrected chi connectivity index (χ4v) is 6.35. The third-order valence-corrected chi connectivity index (χ3v) is 8.73. The monoisotopic (exact) mass is 624 g/mol. The van der Waals surface area contributed by atoms with E-state index in [0.29, 0.717) is 12.1 Å². The van der Waals surface area contributed by atoms with E-state index >= 15 is 0 Å². The van der Waals surface area contributed by atoms with Gasteiger partial charge in [-0.25, -0.2) is 14.8 Å². The number of imidazole rings is 1. The minimum absolute atomic E-state index is 0.0912. The quantitative estimate of drug-likeness (QED) is 0.181. The molecule has 3 aromatic rings. The molecule has 0 spiro atoms. The van der Waals surface area contributed by atoms with E-state index in [9.17, 15) is 19.5 Å². The van der Waals surface area contributed by atoms with Crippen LogP contribution in [-0.2, 0) is 37.6 Å². The number of carbonyl (C=O) groups is 3. The zero-order chi connectivity index (χ0) is 31.7. The number of carbonyl (C=O) groups excluding carboxylic acids is 3. The van der Waals surface area contributed by atoms with Gasteiger partial charge in [0, 0.05) is 29.9 Å². The van der Waals surface area contributed by atoms with Gasteiger partial charge in [0.25, 0.3) is 0 Å². The smallest absolute Gasteiger partial charge is 0.348 e. The minimum Gasteiger partial charge on any atom is -0.457 e. The number of hydrogen-bond donors (Lipinski definition) is 5. The van der Waals surface area contributed by atoms with Crippen molar-refractivity contribution in [2.24, 2.45) is 11.7 Å². The zero-order valence-electron chi connectivity index (χ0n) is 25.6. The number of H-pyrrole nitrogens is 1. The number of aromatic nitrogens is 3. The van der Waals surface area contributed by atoms with Gasteiger partial charge >= 0.3 is 5.97 Å². The van der Waals surface area contributed by atoms with Gasteiger partial charge in [-0.05, 0) is 45.1 Å². The summed E-state index contributed by atoms with van der Waals surface area (Å²) in [4.78, 5) is 52.4. The number of aliphatic hydroxyl groups is 1. The highest BCUT2D eigenvalue weighted by Gasteiger charge is 2.52. The number of nitrogens with one attached hydrogen (secondary N) is 3. The fraction of sp³-hybridized carbons (Fsp3) is 0.531. The number of hydrogen-bond acceptors (Lipinski definition) is 9. The fourth-order valence-electron chi connectivity index (χ4n) is 5.57. The van der Waals surface area contributed by atoms with E-state index < -0.39 is 47.1 Å². The summed E-state index contributed by atoms with van der Waals surface area (Å²) in [5.74, 6) is -1.79. The predicted octanol–water partition coefficient (Wildman–Crippen LogP) is 3.15. The second-order valence-corrected chi connectivity index (χ2v) is 13.4. The number of aromatic amines is 1. The highest BCUT2D eigenvalue weighted by molar-refractivity contribution is 7.09. The maximum atomic E-state index is 14.1. The summed E-state index contributed by atoms with van der Waals surface area (Å²) in [7, 11) is 0. The lowest BCUT2D eigenvalue weighted by Gasteiger charge is -2.38. The Bertz CT molecular complexity index is 1340. The first-order valence-corrected chi connectivity index (χ1v) is 16.1. The molecule has 12 heteroatoms. The zero-order valence-corrected chi connectivity index (χ0v) is 26.4. The molecule has 11 nitrogen and oxygen atoms in total. The van der Waals surface area contributed by atoms with Crippen molar-refractivity contribution in [1.82, 2.24) is 25.6 Å². The molecule has 2 unspecified atom stereocenters. The van der Waals surface area contributed by atoms with E-state index in [4.69, 9.17) is 10.5 Å². The van der Waals surface area contributed by atoms with Gasteiger partial charge in [0.1, 0.15) is 16.7 Å². The lowest BCUT2D eigenvalue weighted by atomic mass is 9.80. The number of ether oxygens (including phenoxy) is 1. The molecule has 1 aliphatic carbocycles. The number of benzene rings is 1. The average molecular weight is 625 g/mol. The van der Waals surface area contributed by atoms with Crippen molar-refractivity contribution in [3.05, 3.63) is 70.7 Å². The molecule has 1 aliphatic rings. The van der Waals surface area contributed by atoms with Crippen molar-refractivity contribution in [2.45, 2.75) is 101 Å². The Hall–Kier alpha value is -3.61. The third kappa shape index (κ3) is 8.96. The van der Waals surface area contributed by atoms with Crippen LogP contribution in [0.2, 0.25) is 0 Å². The van der Waals surface area contributed by atoms with Crippen LogP contribution >= 0.6 is 11.3 Å². The molecule has 0 aliphatic heterocycles. The van der Waals surface area contributed by atoms with Crippen molar-refractivity contribution >= 4 is 29.1 Å². The van der Waals surface area contributed by atoms with Crippen molar-refractivity contribution in [2.75, 3.05) is 0 Å². The highest BCUT2D eigenvalue weighted by Crippen LogP contribution is 2.36. The Labute approximate surface area is 262 Å². The molecule has 4 atom stereocenters. The summed E-state index contributed by atoms with van der Waals surface area (Å²) in [6, 6.07) is 6.34. The van der Waals surface area contributed by atoms with Crippen molar-refractivity contribution in [3.63, 3.8) is 0 Å². The maximum absolute atomic E-state index is 14.1. The molecule has 238 valence electrons. The van der Waals surface area contributed by atoms with Gasteiger partial charge in [0.2, 0.25) is 17.4 Å². The second-order valence-electron chi connectivity index (χ2n) is 12.5. The summed E-state index contributed by atoms with van der Waals surface area (Å²) >= 11 is 1.12. The van der Waals surface area contributed by atoms with Crippen LogP contribution in [-0.4, -0.2) is 61.6 Å². The molecule has 44 heavy (non-hydrogen) atoms. The normalized spacial score (nSPS) is 17.6. The Morgan fingerprint density at radius 2 is 1.82 bits per heavy atom. The number of nitrogens with zero attached hydrogens (tertiary/aromatic N) is 2. The number of rotatable bonds is 13. The highest BCUT2D eigenvalue weighted by atomic mass is 32.1. The first kappa shape index (κ1) is 33.3. The topological polar surface area (TPSA) is 172 Å². The summed E-state index contributed by atoms with van der Waals surface area (Å²) in [5, 5.41) is 19.8. The molecular formula is C32H44N6O5S. The first-order chi connectivity index (χ1) is 21.0. The molecule has 1 saturated carbocycles. The number of thiazole rings is 1. The Morgan fingerprint density at radius 3 is 2.43 bits per heavy atom. The first-order valence-electron chi connectivity index (χ1n) is 15.2. The van der Waals surface area contributed by atoms with Gasteiger partial charge in [-0.15, -0.1) is 11.3 Å². The molecule has 1 aromatic carbocycles. The van der Waals surface area contributed by atoms with Crippen LogP contribution in [0, 0.1) is 5.92 Å². The molecule has 2 heterocycles. The molecule has 0 bridgehead atoms. The van der Waals surface area contributed by atoms with E-state index in [1.807, 2.05) is 30.3 Å². The van der Waals surface area contributed by atoms with Crippen LogP contribution in [0.15, 0.2) is 54.4 Å². The van der Waals surface area contributed by atoms with Gasteiger partial charge in [-0.3, -0.25) is 9.59 Å². The largest absolute Gasteiger partial charge is 0.457 e. The Morgan fingerprint density at radius 1 is 1.09 bits per heavy atom. The molecule has 2 aromatic heterocycles. The lowest BCUT2D eigenvalue weighted by Crippen LogP contribution is -2.61. The molecule has 0 saturated heterocycles. The van der Waals surface area contributed by atoms with Crippen LogP contribution in [0.5, 0.6) is 0 Å². The standard InChI is InChI=1S/C32H44N6O5S/c1-31(2,3)43-30(41)32(42,29-35-14-15-44-29)26(17-22-12-8-5-9-13-22)38-28(40)25(18-23-19-34-20-36-23)37-27(39)24(33)16-21-10-6-4-7-11-21/h4,6-7,10-11,14-15,19-20,22,24-26,42H,5,8-9,12-13,16-18,33H2,1-3H3,(H,34,36)(H,37,39)(H,38,40)/t24?,25?,26-,32-/m0/s1. The number of nitrogens with two attached hydrogens (primary N) is 1. The van der Waals surface area contributed by atoms with Gasteiger partial charge in [-0.1, -0.05) is 62.4 Å². The van der Waals surface area contributed by atoms with Gasteiger partial charge in [-0.2, -0.15) is 0 Å². The minimum atomic E-state index is -2.25. The van der Waals surface area contributed by atoms with Crippen LogP contribution in [0.3, 0.4) is 0 Å². The second kappa shape index (κ2) is 14.9. The lowest BCUT2D eigenvalue weighted by molar-refractivity contribution is -0.183. The summed E-state index contributed by atoms with van der Waals surface area (Å²) in [6.45, 7) is 5.16. The van der Waals surface area contributed by atoms with Crippen LogP contribution in [0.4, 0.5) is 0 Å². The van der Waals surface area contributed by atoms with Gasteiger partial charge in [0.05, 0.1) is 18.4 Å². The van der Waals surface area contributed by atoms with Crippen LogP contribution in [0.1, 0.15) is 75.6 Å². The molecule has 4 rings (SSSR count). The third-order valence-electron chi connectivity index (χ3n) is 7.83. The van der Waals surface area contributed by atoms with E-state index in [0.717, 1.165) is 49.0 Å². The maximum Gasteiger partial charge on any atom is 0.348 e. The Balaban J connectivity index is 1.63. The molecule has 0 radical (unpaired) electrons. The van der Waals surface area contributed by atoms with Crippen LogP contribution in [0.25, 0.3) is 0 Å². The van der Waals surface area contributed by atoms with Gasteiger partial charge < -0.3 is 31.2 Å². The summed E-state index contributed by atoms with van der Waals surface area (Å²) in [6.07, 6.45) is 10.3. The van der Waals surface area contributed by atoms with E-state index in [-0.39, 0.29) is 23.8 Å². The van der Waals surface area contributed by atoms with E-state index in [2.05, 4.69) is 25.6 Å². The molecule has 6 N–H and O–H groups in total. The van der Waals surface area contributed by atoms with E-state index in [1.54, 1.807) is 32.3 Å². The molecular weight excluding hydrogens is 580 g/mol. The predicted molar refractivity (Wildman–Crippen MR) is 167 cm³/mol. The summed E-state index contributed by atoms with van der Waals surface area (Å²) < 4.78 is 5.70. The summed E-state index contributed by atoms with van der Waals surface area (Å²) in [5.41, 5.74) is 4.62.